The molecule has 1 radical (unpaired) electrons. The van der Waals surface area contributed by atoms with Gasteiger partial charge >= 0.3 is 0 Å². The molecule has 121 valence electrons. The highest BCUT2D eigenvalue weighted by Crippen LogP contribution is 2.27. The SMILES string of the molecule is C[C](C)CN1CCC(NNC(=O)c2ccccc2)C(F)(F)C1. The third kappa shape index (κ3) is 4.48. The van der Waals surface area contributed by atoms with Gasteiger partial charge < -0.3 is 0 Å². The molecule has 22 heavy (non-hydrogen) atoms. The maximum atomic E-state index is 14.2. The molecule has 1 saturated heterocycles. The maximum absolute atomic E-state index is 14.2. The van der Waals surface area contributed by atoms with Gasteiger partial charge in [0.15, 0.2) is 0 Å². The Balaban J connectivity index is 1.87. The molecule has 1 aromatic carbocycles. The van der Waals surface area contributed by atoms with E-state index in [0.29, 0.717) is 18.7 Å². The van der Waals surface area contributed by atoms with Crippen LogP contribution in [0.1, 0.15) is 30.6 Å². The second-order valence-corrected chi connectivity index (χ2v) is 5.98. The molecule has 4 nitrogen and oxygen atoms in total. The number of amides is 1. The molecule has 2 rings (SSSR count). The Morgan fingerprint density at radius 3 is 2.59 bits per heavy atom. The van der Waals surface area contributed by atoms with Crippen LogP contribution in [0.3, 0.4) is 0 Å². The summed E-state index contributed by atoms with van der Waals surface area (Å²) in [6.07, 6.45) is 0.287. The zero-order valence-electron chi connectivity index (χ0n) is 12.9. The molecule has 0 bridgehead atoms. The predicted octanol–water partition coefficient (Wildman–Crippen LogP) is 2.24. The molecule has 1 fully saturated rings. The molecule has 1 amide bonds. The number of benzene rings is 1. The monoisotopic (exact) mass is 310 g/mol. The van der Waals surface area contributed by atoms with Gasteiger partial charge in [0.25, 0.3) is 11.8 Å². The van der Waals surface area contributed by atoms with Crippen LogP contribution in [0.2, 0.25) is 0 Å². The molecule has 1 unspecified atom stereocenters. The molecule has 0 spiro atoms. The maximum Gasteiger partial charge on any atom is 0.277 e. The van der Waals surface area contributed by atoms with Crippen LogP contribution in [0, 0.1) is 5.92 Å². The molecule has 1 atom stereocenters. The fourth-order valence-corrected chi connectivity index (χ4v) is 2.58. The van der Waals surface area contributed by atoms with E-state index in [1.807, 2.05) is 13.8 Å². The van der Waals surface area contributed by atoms with Crippen molar-refractivity contribution in [3.05, 3.63) is 41.8 Å². The van der Waals surface area contributed by atoms with Crippen LogP contribution in [-0.4, -0.2) is 42.4 Å². The quantitative estimate of drug-likeness (QED) is 0.820. The number of hydrogen-bond acceptors (Lipinski definition) is 3. The van der Waals surface area contributed by atoms with Gasteiger partial charge in [0.05, 0.1) is 12.6 Å². The van der Waals surface area contributed by atoms with E-state index >= 15 is 0 Å². The van der Waals surface area contributed by atoms with Crippen LogP contribution in [0.25, 0.3) is 0 Å². The van der Waals surface area contributed by atoms with Crippen LogP contribution in [-0.2, 0) is 0 Å². The number of piperidine rings is 1. The van der Waals surface area contributed by atoms with Gasteiger partial charge in [-0.2, -0.15) is 0 Å². The number of carbonyl (C=O) groups is 1. The first-order chi connectivity index (χ1) is 10.4. The number of halogens is 2. The Morgan fingerprint density at radius 2 is 2.00 bits per heavy atom. The Kier molecular flexibility index (Phi) is 5.47. The molecule has 1 aromatic rings. The van der Waals surface area contributed by atoms with Gasteiger partial charge in [0.2, 0.25) is 0 Å². The zero-order chi connectivity index (χ0) is 16.2. The first-order valence-corrected chi connectivity index (χ1v) is 7.38. The van der Waals surface area contributed by atoms with Crippen molar-refractivity contribution >= 4 is 5.91 Å². The third-order valence-electron chi connectivity index (χ3n) is 3.61. The average Bonchev–Trinajstić information content (AvgIpc) is 2.45. The summed E-state index contributed by atoms with van der Waals surface area (Å²) in [5.74, 6) is -2.17. The predicted molar refractivity (Wildman–Crippen MR) is 81.4 cm³/mol. The molecule has 0 saturated carbocycles. The van der Waals surface area contributed by atoms with Crippen LogP contribution in [0.4, 0.5) is 8.78 Å². The van der Waals surface area contributed by atoms with Crippen molar-refractivity contribution in [2.45, 2.75) is 32.2 Å². The van der Waals surface area contributed by atoms with E-state index in [4.69, 9.17) is 0 Å². The topological polar surface area (TPSA) is 44.4 Å². The minimum Gasteiger partial charge on any atom is -0.297 e. The molecule has 0 aliphatic carbocycles. The first-order valence-electron chi connectivity index (χ1n) is 7.38. The zero-order valence-corrected chi connectivity index (χ0v) is 12.9. The summed E-state index contributed by atoms with van der Waals surface area (Å²) < 4.78 is 28.3. The second-order valence-electron chi connectivity index (χ2n) is 5.98. The standard InChI is InChI=1S/C16H22F2N3O/c1-12(2)10-21-9-8-14(16(17,18)11-21)19-20-15(22)13-6-4-3-5-7-13/h3-7,14,19H,8-11H2,1-2H3,(H,20,22). The third-order valence-corrected chi connectivity index (χ3v) is 3.61. The number of carbonyl (C=O) groups excluding carboxylic acids is 1. The van der Waals surface area contributed by atoms with Crippen molar-refractivity contribution in [1.82, 2.24) is 15.8 Å². The summed E-state index contributed by atoms with van der Waals surface area (Å²) in [5, 5.41) is 0. The highest BCUT2D eigenvalue weighted by Gasteiger charge is 2.44. The summed E-state index contributed by atoms with van der Waals surface area (Å²) in [5.41, 5.74) is 5.33. The Labute approximate surface area is 129 Å². The van der Waals surface area contributed by atoms with Crippen LogP contribution in [0.5, 0.6) is 0 Å². The lowest BCUT2D eigenvalue weighted by atomic mass is 10.0. The number of hydrazine groups is 1. The van der Waals surface area contributed by atoms with E-state index < -0.39 is 17.9 Å². The smallest absolute Gasteiger partial charge is 0.277 e. The minimum atomic E-state index is -2.88. The Bertz CT molecular complexity index is 493. The summed E-state index contributed by atoms with van der Waals surface area (Å²) >= 11 is 0. The first kappa shape index (κ1) is 16.8. The molecule has 2 N–H and O–H groups in total. The highest BCUT2D eigenvalue weighted by molar-refractivity contribution is 5.93. The summed E-state index contributed by atoms with van der Waals surface area (Å²) in [6.45, 7) is 4.74. The summed E-state index contributed by atoms with van der Waals surface area (Å²) in [7, 11) is 0. The van der Waals surface area contributed by atoms with Crippen LogP contribution in [0.15, 0.2) is 30.3 Å². The lowest BCUT2D eigenvalue weighted by Crippen LogP contribution is -2.61. The molecule has 1 aliphatic rings. The minimum absolute atomic E-state index is 0.287. The van der Waals surface area contributed by atoms with E-state index in [1.54, 1.807) is 35.2 Å². The van der Waals surface area contributed by atoms with Crippen molar-refractivity contribution in [2.75, 3.05) is 19.6 Å². The second kappa shape index (κ2) is 7.15. The van der Waals surface area contributed by atoms with Crippen molar-refractivity contribution < 1.29 is 13.6 Å². The van der Waals surface area contributed by atoms with E-state index in [0.717, 1.165) is 5.92 Å². The van der Waals surface area contributed by atoms with Crippen molar-refractivity contribution in [2.24, 2.45) is 0 Å². The van der Waals surface area contributed by atoms with Crippen molar-refractivity contribution in [1.29, 1.82) is 0 Å². The lowest BCUT2D eigenvalue weighted by Gasteiger charge is -2.39. The fourth-order valence-electron chi connectivity index (χ4n) is 2.58. The number of alkyl halides is 2. The van der Waals surface area contributed by atoms with Crippen LogP contribution >= 0.6 is 0 Å². The number of likely N-dealkylation sites (tertiary alicyclic amines) is 1. The van der Waals surface area contributed by atoms with Crippen LogP contribution < -0.4 is 10.9 Å². The summed E-state index contributed by atoms with van der Waals surface area (Å²) in [4.78, 5) is 13.6. The van der Waals surface area contributed by atoms with Crippen molar-refractivity contribution in [3.8, 4) is 0 Å². The van der Waals surface area contributed by atoms with E-state index in [9.17, 15) is 13.6 Å². The van der Waals surface area contributed by atoms with Gasteiger partial charge in [-0.25, -0.2) is 14.2 Å². The lowest BCUT2D eigenvalue weighted by molar-refractivity contribution is -0.0914. The molecular weight excluding hydrogens is 288 g/mol. The molecule has 0 aromatic heterocycles. The number of nitrogens with one attached hydrogen (secondary N) is 2. The highest BCUT2D eigenvalue weighted by atomic mass is 19.3. The van der Waals surface area contributed by atoms with E-state index in [2.05, 4.69) is 10.9 Å². The summed E-state index contributed by atoms with van der Waals surface area (Å²) in [6, 6.07) is 7.47. The van der Waals surface area contributed by atoms with Gasteiger partial charge in [-0.15, -0.1) is 0 Å². The normalized spacial score (nSPS) is 21.8. The van der Waals surface area contributed by atoms with Gasteiger partial charge in [-0.05, 0) is 24.5 Å². The number of nitrogens with zero attached hydrogens (tertiary/aromatic N) is 1. The fraction of sp³-hybridized carbons (Fsp3) is 0.500. The Hall–Kier alpha value is -1.53. The number of hydrogen-bond donors (Lipinski definition) is 2. The molecular formula is C16H22F2N3O. The molecule has 1 heterocycles. The van der Waals surface area contributed by atoms with Gasteiger partial charge in [0.1, 0.15) is 0 Å². The van der Waals surface area contributed by atoms with Crippen molar-refractivity contribution in [3.63, 3.8) is 0 Å². The molecule has 6 heteroatoms. The van der Waals surface area contributed by atoms with Gasteiger partial charge in [-0.3, -0.25) is 15.1 Å². The van der Waals surface area contributed by atoms with Gasteiger partial charge in [0, 0.05) is 18.7 Å². The van der Waals surface area contributed by atoms with E-state index in [1.165, 1.54) is 0 Å². The Morgan fingerprint density at radius 1 is 1.32 bits per heavy atom. The van der Waals surface area contributed by atoms with Gasteiger partial charge in [-0.1, -0.05) is 32.0 Å². The van der Waals surface area contributed by atoms with E-state index in [-0.39, 0.29) is 13.0 Å². The largest absolute Gasteiger partial charge is 0.297 e. The average molecular weight is 310 g/mol. The molecule has 1 aliphatic heterocycles. The number of rotatable bonds is 5.